The van der Waals surface area contributed by atoms with Crippen LogP contribution in [0, 0.1) is 17.5 Å². The monoisotopic (exact) mass is 358 g/mol. The molecule has 0 aliphatic heterocycles. The molecule has 2 aromatic carbocycles. The number of pyridine rings is 1. The molecule has 0 unspecified atom stereocenters. The van der Waals surface area contributed by atoms with Crippen molar-refractivity contribution in [1.29, 1.82) is 0 Å². The topological polar surface area (TPSA) is 65.2 Å². The van der Waals surface area contributed by atoms with Crippen molar-refractivity contribution in [2.24, 2.45) is 0 Å². The SMILES string of the molecule is Nc1ccc(Oc2cccc(-c3cc(F)c(CC=O)cc3F)n2)c(F)c1. The lowest BCUT2D eigenvalue weighted by molar-refractivity contribution is -0.107. The van der Waals surface area contributed by atoms with Gasteiger partial charge >= 0.3 is 0 Å². The summed E-state index contributed by atoms with van der Waals surface area (Å²) in [4.78, 5) is 14.6. The van der Waals surface area contributed by atoms with Gasteiger partial charge in [0.2, 0.25) is 5.88 Å². The summed E-state index contributed by atoms with van der Waals surface area (Å²) in [6, 6.07) is 10.2. The maximum atomic E-state index is 14.3. The third-order valence-electron chi connectivity index (χ3n) is 3.61. The quantitative estimate of drug-likeness (QED) is 0.546. The highest BCUT2D eigenvalue weighted by atomic mass is 19.1. The van der Waals surface area contributed by atoms with Gasteiger partial charge in [0, 0.05) is 29.8 Å². The van der Waals surface area contributed by atoms with Crippen LogP contribution < -0.4 is 10.5 Å². The van der Waals surface area contributed by atoms with Crippen molar-refractivity contribution in [3.63, 3.8) is 0 Å². The summed E-state index contributed by atoms with van der Waals surface area (Å²) in [5.74, 6) is -2.22. The van der Waals surface area contributed by atoms with E-state index in [0.29, 0.717) is 6.29 Å². The molecule has 0 fully saturated rings. The van der Waals surface area contributed by atoms with Gasteiger partial charge in [0.1, 0.15) is 17.9 Å². The minimum atomic E-state index is -0.730. The first-order chi connectivity index (χ1) is 12.5. The minimum Gasteiger partial charge on any atom is -0.436 e. The van der Waals surface area contributed by atoms with Gasteiger partial charge in [0.15, 0.2) is 11.6 Å². The number of carbonyl (C=O) groups excluding carboxylic acids is 1. The second kappa shape index (κ2) is 7.26. The number of carbonyl (C=O) groups is 1. The summed E-state index contributed by atoms with van der Waals surface area (Å²) in [6.45, 7) is 0. The zero-order valence-corrected chi connectivity index (χ0v) is 13.4. The van der Waals surface area contributed by atoms with E-state index in [1.165, 1.54) is 30.3 Å². The number of nitrogen functional groups attached to an aromatic ring is 1. The Morgan fingerprint density at radius 1 is 1.00 bits per heavy atom. The number of nitrogens with two attached hydrogens (primary N) is 1. The lowest BCUT2D eigenvalue weighted by atomic mass is 10.1. The molecule has 26 heavy (non-hydrogen) atoms. The van der Waals surface area contributed by atoms with Crippen LogP contribution in [0.4, 0.5) is 18.9 Å². The number of hydrogen-bond donors (Lipinski definition) is 1. The molecule has 0 spiro atoms. The van der Waals surface area contributed by atoms with Gasteiger partial charge < -0.3 is 15.3 Å². The van der Waals surface area contributed by atoms with Crippen LogP contribution in [0.3, 0.4) is 0 Å². The molecular formula is C19H13F3N2O2. The van der Waals surface area contributed by atoms with E-state index in [1.807, 2.05) is 0 Å². The summed E-state index contributed by atoms with van der Waals surface area (Å²) < 4.78 is 47.4. The van der Waals surface area contributed by atoms with Gasteiger partial charge in [-0.3, -0.25) is 0 Å². The molecule has 0 saturated carbocycles. The van der Waals surface area contributed by atoms with Crippen molar-refractivity contribution >= 4 is 12.0 Å². The first-order valence-electron chi connectivity index (χ1n) is 7.60. The van der Waals surface area contributed by atoms with Crippen molar-refractivity contribution in [2.75, 3.05) is 5.73 Å². The number of aromatic nitrogens is 1. The van der Waals surface area contributed by atoms with Gasteiger partial charge in [0.25, 0.3) is 0 Å². The summed E-state index contributed by atoms with van der Waals surface area (Å²) in [5.41, 5.74) is 5.68. The highest BCUT2D eigenvalue weighted by Gasteiger charge is 2.14. The fourth-order valence-corrected chi connectivity index (χ4v) is 2.36. The fraction of sp³-hybridized carbons (Fsp3) is 0.0526. The van der Waals surface area contributed by atoms with Gasteiger partial charge in [-0.25, -0.2) is 18.2 Å². The Morgan fingerprint density at radius 3 is 2.54 bits per heavy atom. The number of aldehydes is 1. The predicted molar refractivity (Wildman–Crippen MR) is 90.2 cm³/mol. The van der Waals surface area contributed by atoms with Crippen LogP contribution in [0.5, 0.6) is 11.6 Å². The predicted octanol–water partition coefficient (Wildman–Crippen LogP) is 4.28. The number of hydrogen-bond acceptors (Lipinski definition) is 4. The van der Waals surface area contributed by atoms with E-state index >= 15 is 0 Å². The molecule has 0 amide bonds. The first kappa shape index (κ1) is 17.5. The smallest absolute Gasteiger partial charge is 0.219 e. The first-order valence-corrected chi connectivity index (χ1v) is 7.60. The third-order valence-corrected chi connectivity index (χ3v) is 3.61. The van der Waals surface area contributed by atoms with E-state index in [4.69, 9.17) is 10.5 Å². The minimum absolute atomic E-state index is 0.00273. The highest BCUT2D eigenvalue weighted by molar-refractivity contribution is 5.63. The van der Waals surface area contributed by atoms with Crippen LogP contribution in [-0.4, -0.2) is 11.3 Å². The number of halogens is 3. The van der Waals surface area contributed by atoms with Gasteiger partial charge in [0.05, 0.1) is 5.69 Å². The van der Waals surface area contributed by atoms with Crippen LogP contribution in [0.1, 0.15) is 5.56 Å². The normalized spacial score (nSPS) is 10.6. The molecule has 0 atom stereocenters. The molecule has 1 heterocycles. The molecule has 3 rings (SSSR count). The van der Waals surface area contributed by atoms with Crippen LogP contribution in [-0.2, 0) is 11.2 Å². The van der Waals surface area contributed by atoms with E-state index in [0.717, 1.165) is 18.2 Å². The largest absolute Gasteiger partial charge is 0.436 e. The Kier molecular flexibility index (Phi) is 4.88. The Bertz CT molecular complexity index is 977. The molecule has 0 aliphatic rings. The highest BCUT2D eigenvalue weighted by Crippen LogP contribution is 2.29. The van der Waals surface area contributed by atoms with Crippen LogP contribution >= 0.6 is 0 Å². The Hall–Kier alpha value is -3.35. The number of anilines is 1. The molecule has 132 valence electrons. The lowest BCUT2D eigenvalue weighted by Crippen LogP contribution is -1.98. The molecule has 0 saturated heterocycles. The number of benzene rings is 2. The van der Waals surface area contributed by atoms with Gasteiger partial charge in [-0.1, -0.05) is 6.07 Å². The molecule has 0 aliphatic carbocycles. The van der Waals surface area contributed by atoms with Crippen LogP contribution in [0.2, 0.25) is 0 Å². The Balaban J connectivity index is 1.94. The average molecular weight is 358 g/mol. The van der Waals surface area contributed by atoms with Gasteiger partial charge in [-0.2, -0.15) is 0 Å². The molecule has 1 aromatic heterocycles. The molecule has 4 nitrogen and oxygen atoms in total. The summed E-state index contributed by atoms with van der Waals surface area (Å²) in [7, 11) is 0. The van der Waals surface area contributed by atoms with E-state index in [9.17, 15) is 18.0 Å². The zero-order valence-electron chi connectivity index (χ0n) is 13.4. The third kappa shape index (κ3) is 3.66. The second-order valence-corrected chi connectivity index (χ2v) is 5.45. The summed E-state index contributed by atoms with van der Waals surface area (Å²) in [5, 5.41) is 0. The van der Waals surface area contributed by atoms with E-state index in [-0.39, 0.29) is 40.6 Å². The number of ether oxygens (including phenoxy) is 1. The van der Waals surface area contributed by atoms with Crippen molar-refractivity contribution in [1.82, 2.24) is 4.98 Å². The average Bonchev–Trinajstić information content (AvgIpc) is 2.61. The summed E-state index contributed by atoms with van der Waals surface area (Å²) >= 11 is 0. The van der Waals surface area contributed by atoms with Crippen molar-refractivity contribution < 1.29 is 22.7 Å². The molecule has 0 bridgehead atoms. The molecule has 2 N–H and O–H groups in total. The Morgan fingerprint density at radius 2 is 1.81 bits per heavy atom. The van der Waals surface area contributed by atoms with Crippen LogP contribution in [0.25, 0.3) is 11.3 Å². The number of nitrogens with zero attached hydrogens (tertiary/aromatic N) is 1. The molecule has 7 heteroatoms. The van der Waals surface area contributed by atoms with Gasteiger partial charge in [-0.05, 0) is 35.9 Å². The maximum Gasteiger partial charge on any atom is 0.219 e. The zero-order chi connectivity index (χ0) is 18.7. The molecule has 3 aromatic rings. The maximum absolute atomic E-state index is 14.3. The second-order valence-electron chi connectivity index (χ2n) is 5.45. The summed E-state index contributed by atoms with van der Waals surface area (Å²) in [6.07, 6.45) is 0.265. The Labute approximate surface area is 147 Å². The van der Waals surface area contributed by atoms with Crippen LogP contribution in [0.15, 0.2) is 48.5 Å². The number of rotatable bonds is 5. The fourth-order valence-electron chi connectivity index (χ4n) is 2.36. The van der Waals surface area contributed by atoms with Crippen molar-refractivity contribution in [2.45, 2.75) is 6.42 Å². The van der Waals surface area contributed by atoms with Crippen molar-refractivity contribution in [3.8, 4) is 22.9 Å². The lowest BCUT2D eigenvalue weighted by Gasteiger charge is -2.09. The molecular weight excluding hydrogens is 345 g/mol. The molecule has 0 radical (unpaired) electrons. The van der Waals surface area contributed by atoms with Crippen molar-refractivity contribution in [3.05, 3.63) is 71.5 Å². The standard InChI is InChI=1S/C19H13F3N2O2/c20-14-10-13(15(21)8-11(14)6-7-25)17-2-1-3-19(24-17)26-18-5-4-12(23)9-16(18)22/h1-5,7-10H,6,23H2. The van der Waals surface area contributed by atoms with E-state index in [1.54, 1.807) is 0 Å². The van der Waals surface area contributed by atoms with Gasteiger partial charge in [-0.15, -0.1) is 0 Å². The van der Waals surface area contributed by atoms with E-state index < -0.39 is 17.5 Å². The van der Waals surface area contributed by atoms with E-state index in [2.05, 4.69) is 4.98 Å².